The minimum absolute atomic E-state index is 0.0356. The van der Waals surface area contributed by atoms with Crippen molar-refractivity contribution in [2.45, 2.75) is 128 Å². The van der Waals surface area contributed by atoms with Gasteiger partial charge in [-0.1, -0.05) is 84.2 Å². The third kappa shape index (κ3) is 5.06. The van der Waals surface area contributed by atoms with Crippen molar-refractivity contribution in [1.29, 1.82) is 0 Å². The van der Waals surface area contributed by atoms with Crippen molar-refractivity contribution in [3.05, 3.63) is 35.9 Å². The van der Waals surface area contributed by atoms with E-state index in [1.165, 1.54) is 50.5 Å². The van der Waals surface area contributed by atoms with Gasteiger partial charge in [0, 0.05) is 0 Å². The first-order chi connectivity index (χ1) is 17.6. The van der Waals surface area contributed by atoms with Crippen LogP contribution in [0, 0.1) is 46.3 Å². The minimum atomic E-state index is -0.356. The molecule has 10 atom stereocenters. The summed E-state index contributed by atoms with van der Waals surface area (Å²) in [5, 5.41) is 0.0356. The standard InChI is InChI=1S/C34H52Cl2O/c1-23(2)10-9-11-24(3)28-14-15-29-27-20-31(35)34(36)21-26(37-22-25-12-7-6-8-13-25)16-19-33(34,5)30(27)17-18-32(28,29)4/h6-8,12-13,23-24,26-31H,9-11,14-22H2,1-5H3/t24-,26+,27+,28-,29+,30+,31-,32-,33-,34+/m1/s1. The Kier molecular flexibility index (Phi) is 8.39. The van der Waals surface area contributed by atoms with Crippen LogP contribution in [0.15, 0.2) is 30.3 Å². The van der Waals surface area contributed by atoms with Crippen molar-refractivity contribution in [3.8, 4) is 0 Å². The second-order valence-electron chi connectivity index (χ2n) is 14.6. The summed E-state index contributed by atoms with van der Waals surface area (Å²) >= 11 is 15.1. The molecule has 1 aromatic carbocycles. The van der Waals surface area contributed by atoms with Gasteiger partial charge in [0.1, 0.15) is 0 Å². The zero-order chi connectivity index (χ0) is 26.4. The smallest absolute Gasteiger partial charge is 0.0720 e. The number of ether oxygens (including phenoxy) is 1. The number of hydrogen-bond donors (Lipinski definition) is 0. The van der Waals surface area contributed by atoms with Gasteiger partial charge in [-0.15, -0.1) is 23.2 Å². The quantitative estimate of drug-likeness (QED) is 0.294. The summed E-state index contributed by atoms with van der Waals surface area (Å²) in [7, 11) is 0. The van der Waals surface area contributed by atoms with E-state index < -0.39 is 0 Å². The molecule has 3 heteroatoms. The van der Waals surface area contributed by atoms with Crippen molar-refractivity contribution in [1.82, 2.24) is 0 Å². The van der Waals surface area contributed by atoms with Crippen LogP contribution in [0.5, 0.6) is 0 Å². The molecule has 37 heavy (non-hydrogen) atoms. The second-order valence-corrected chi connectivity index (χ2v) is 15.8. The Morgan fingerprint density at radius 2 is 1.70 bits per heavy atom. The number of hydrogen-bond acceptors (Lipinski definition) is 1. The van der Waals surface area contributed by atoms with Crippen molar-refractivity contribution in [3.63, 3.8) is 0 Å². The fourth-order valence-electron chi connectivity index (χ4n) is 10.1. The van der Waals surface area contributed by atoms with Crippen LogP contribution in [-0.2, 0) is 11.3 Å². The molecule has 4 fully saturated rings. The average molecular weight is 548 g/mol. The molecular formula is C34H52Cl2O. The molecule has 0 saturated heterocycles. The molecule has 4 aliphatic carbocycles. The van der Waals surface area contributed by atoms with E-state index in [0.717, 1.165) is 55.3 Å². The summed E-state index contributed by atoms with van der Waals surface area (Å²) in [5.74, 6) is 4.84. The first-order valence-corrected chi connectivity index (χ1v) is 16.4. The van der Waals surface area contributed by atoms with Gasteiger partial charge in [0.15, 0.2) is 0 Å². The number of halogens is 2. The van der Waals surface area contributed by atoms with E-state index >= 15 is 0 Å². The molecule has 0 spiro atoms. The van der Waals surface area contributed by atoms with E-state index in [-0.39, 0.29) is 21.8 Å². The predicted octanol–water partition coefficient (Wildman–Crippen LogP) is 10.3. The predicted molar refractivity (Wildman–Crippen MR) is 158 cm³/mol. The number of alkyl halides is 2. The lowest BCUT2D eigenvalue weighted by Gasteiger charge is -2.65. The van der Waals surface area contributed by atoms with Crippen molar-refractivity contribution in [2.75, 3.05) is 0 Å². The molecule has 0 heterocycles. The van der Waals surface area contributed by atoms with E-state index in [4.69, 9.17) is 27.9 Å². The lowest BCUT2D eigenvalue weighted by atomic mass is 9.44. The van der Waals surface area contributed by atoms with Crippen LogP contribution in [0.1, 0.15) is 111 Å². The highest BCUT2D eigenvalue weighted by Crippen LogP contribution is 2.71. The van der Waals surface area contributed by atoms with E-state index in [9.17, 15) is 0 Å². The minimum Gasteiger partial charge on any atom is -0.373 e. The van der Waals surface area contributed by atoms with E-state index in [1.54, 1.807) is 0 Å². The number of benzene rings is 1. The van der Waals surface area contributed by atoms with Gasteiger partial charge in [0.2, 0.25) is 0 Å². The SMILES string of the molecule is CC(C)CCC[C@@H](C)[C@H]1CC[C@H]2[C@@H]3C[C@@H](Cl)[C@@]4(Cl)C[C@@H](OCc5ccccc5)CC[C@]4(C)[C@H]3CC[C@]12C. The molecule has 0 amide bonds. The lowest BCUT2D eigenvalue weighted by molar-refractivity contribution is -0.126. The highest BCUT2D eigenvalue weighted by Gasteiger charge is 2.67. The highest BCUT2D eigenvalue weighted by molar-refractivity contribution is 6.33. The van der Waals surface area contributed by atoms with Gasteiger partial charge < -0.3 is 4.74 Å². The maximum absolute atomic E-state index is 7.69. The molecule has 1 nitrogen and oxygen atoms in total. The molecule has 0 radical (unpaired) electrons. The van der Waals surface area contributed by atoms with E-state index in [2.05, 4.69) is 65.0 Å². The lowest BCUT2D eigenvalue weighted by Crippen LogP contribution is -2.65. The van der Waals surface area contributed by atoms with Crippen molar-refractivity contribution >= 4 is 23.2 Å². The van der Waals surface area contributed by atoms with Crippen LogP contribution in [0.25, 0.3) is 0 Å². The normalized spacial score (nSPS) is 44.2. The van der Waals surface area contributed by atoms with Crippen LogP contribution >= 0.6 is 23.2 Å². The van der Waals surface area contributed by atoms with Crippen LogP contribution < -0.4 is 0 Å². The molecule has 0 unspecified atom stereocenters. The topological polar surface area (TPSA) is 9.23 Å². The van der Waals surface area contributed by atoms with Gasteiger partial charge >= 0.3 is 0 Å². The van der Waals surface area contributed by atoms with Gasteiger partial charge in [0.25, 0.3) is 0 Å². The van der Waals surface area contributed by atoms with Gasteiger partial charge in [-0.3, -0.25) is 0 Å². The Morgan fingerprint density at radius 1 is 0.946 bits per heavy atom. The number of rotatable bonds is 8. The third-order valence-electron chi connectivity index (χ3n) is 12.2. The third-order valence-corrected chi connectivity index (χ3v) is 13.7. The molecule has 4 aliphatic rings. The molecule has 208 valence electrons. The fourth-order valence-corrected chi connectivity index (χ4v) is 11.1. The first-order valence-electron chi connectivity index (χ1n) is 15.6. The van der Waals surface area contributed by atoms with Gasteiger partial charge in [-0.2, -0.15) is 0 Å². The first kappa shape index (κ1) is 28.3. The largest absolute Gasteiger partial charge is 0.373 e. The Labute approximate surface area is 237 Å². The van der Waals surface area contributed by atoms with Gasteiger partial charge in [-0.05, 0) is 103 Å². The molecule has 1 aromatic rings. The van der Waals surface area contributed by atoms with Gasteiger partial charge in [-0.25, -0.2) is 0 Å². The second kappa shape index (κ2) is 11.0. The average Bonchev–Trinajstić information content (AvgIpc) is 3.22. The molecule has 0 aliphatic heterocycles. The molecule has 0 aromatic heterocycles. The number of fused-ring (bicyclic) bond motifs is 5. The van der Waals surface area contributed by atoms with Crippen LogP contribution in [0.4, 0.5) is 0 Å². The van der Waals surface area contributed by atoms with E-state index in [0.29, 0.717) is 17.9 Å². The summed E-state index contributed by atoms with van der Waals surface area (Å²) in [6, 6.07) is 10.5. The Morgan fingerprint density at radius 3 is 2.43 bits per heavy atom. The molecular weight excluding hydrogens is 495 g/mol. The van der Waals surface area contributed by atoms with Crippen molar-refractivity contribution in [2.24, 2.45) is 46.3 Å². The molecule has 5 rings (SSSR count). The summed E-state index contributed by atoms with van der Waals surface area (Å²) in [4.78, 5) is -0.356. The molecule has 4 saturated carbocycles. The summed E-state index contributed by atoms with van der Waals surface area (Å²) in [5.41, 5.74) is 1.85. The fraction of sp³-hybridized carbons (Fsp3) is 0.824. The van der Waals surface area contributed by atoms with Crippen LogP contribution in [0.3, 0.4) is 0 Å². The van der Waals surface area contributed by atoms with Crippen LogP contribution in [0.2, 0.25) is 0 Å². The zero-order valence-electron chi connectivity index (χ0n) is 24.2. The summed E-state index contributed by atoms with van der Waals surface area (Å²) < 4.78 is 6.44. The molecule has 0 N–H and O–H groups in total. The summed E-state index contributed by atoms with van der Waals surface area (Å²) in [6.45, 7) is 13.2. The Balaban J connectivity index is 1.28. The maximum atomic E-state index is 7.69. The van der Waals surface area contributed by atoms with E-state index in [1.807, 2.05) is 0 Å². The maximum Gasteiger partial charge on any atom is 0.0720 e. The van der Waals surface area contributed by atoms with Crippen molar-refractivity contribution < 1.29 is 4.74 Å². The monoisotopic (exact) mass is 546 g/mol. The highest BCUT2D eigenvalue weighted by atomic mass is 35.5. The Bertz CT molecular complexity index is 902. The van der Waals surface area contributed by atoms with Crippen LogP contribution in [-0.4, -0.2) is 16.4 Å². The summed E-state index contributed by atoms with van der Waals surface area (Å²) in [6.07, 6.45) is 14.2. The molecule has 0 bridgehead atoms. The Hall–Kier alpha value is -0.240. The zero-order valence-corrected chi connectivity index (χ0v) is 25.7. The van der Waals surface area contributed by atoms with Gasteiger partial charge in [0.05, 0.1) is 23.0 Å².